The normalized spacial score (nSPS) is 22.2. The molecular weight excluding hydrogens is 273 g/mol. The Labute approximate surface area is 123 Å². The van der Waals surface area contributed by atoms with Crippen molar-refractivity contribution in [2.75, 3.05) is 20.6 Å². The third-order valence-corrected chi connectivity index (χ3v) is 3.65. The maximum Gasteiger partial charge on any atom is 0.253 e. The van der Waals surface area contributed by atoms with Crippen molar-refractivity contribution in [3.05, 3.63) is 35.4 Å². The quantitative estimate of drug-likeness (QED) is 0.892. The van der Waals surface area contributed by atoms with Gasteiger partial charge in [-0.3, -0.25) is 14.5 Å². The third kappa shape index (κ3) is 3.58. The molecule has 2 rings (SSSR count). The number of carbonyl (C=O) groups excluding carboxylic acids is 2. The summed E-state index contributed by atoms with van der Waals surface area (Å²) in [5, 5.41) is 0. The van der Waals surface area contributed by atoms with Crippen molar-refractivity contribution in [2.24, 2.45) is 5.73 Å². The van der Waals surface area contributed by atoms with E-state index in [0.29, 0.717) is 12.1 Å². The Hall–Kier alpha value is -1.95. The van der Waals surface area contributed by atoms with E-state index >= 15 is 0 Å². The van der Waals surface area contributed by atoms with E-state index < -0.39 is 18.1 Å². The van der Waals surface area contributed by atoms with Gasteiger partial charge in [0, 0.05) is 39.2 Å². The van der Waals surface area contributed by atoms with Gasteiger partial charge in [-0.25, -0.2) is 4.39 Å². The highest BCUT2D eigenvalue weighted by Crippen LogP contribution is 2.23. The van der Waals surface area contributed by atoms with E-state index in [4.69, 9.17) is 5.73 Å². The number of benzene rings is 1. The first-order valence-electron chi connectivity index (χ1n) is 6.86. The maximum atomic E-state index is 13.5. The van der Waals surface area contributed by atoms with Gasteiger partial charge in [0.2, 0.25) is 5.91 Å². The summed E-state index contributed by atoms with van der Waals surface area (Å²) in [5.74, 6) is -0.594. The molecule has 1 heterocycles. The van der Waals surface area contributed by atoms with Gasteiger partial charge in [-0.2, -0.15) is 0 Å². The fraction of sp³-hybridized carbons (Fsp3) is 0.467. The van der Waals surface area contributed by atoms with E-state index in [-0.39, 0.29) is 18.9 Å². The number of halogens is 1. The Morgan fingerprint density at radius 3 is 2.76 bits per heavy atom. The number of amides is 2. The Bertz CT molecular complexity index is 547. The number of alkyl halides is 1. The molecule has 0 bridgehead atoms. The molecule has 0 unspecified atom stereocenters. The Balaban J connectivity index is 2.14. The number of hydrogen-bond acceptors (Lipinski definition) is 3. The van der Waals surface area contributed by atoms with Crippen LogP contribution in [0.5, 0.6) is 0 Å². The molecule has 0 aromatic heterocycles. The van der Waals surface area contributed by atoms with Crippen LogP contribution in [0.2, 0.25) is 0 Å². The van der Waals surface area contributed by atoms with Crippen molar-refractivity contribution >= 4 is 11.8 Å². The molecule has 1 aliphatic heterocycles. The zero-order valence-corrected chi connectivity index (χ0v) is 12.3. The molecule has 1 fully saturated rings. The molecule has 0 aliphatic carbocycles. The molecule has 1 aromatic rings. The number of rotatable bonds is 4. The molecule has 114 valence electrons. The number of carbonyl (C=O) groups is 2. The molecule has 0 radical (unpaired) electrons. The van der Waals surface area contributed by atoms with Crippen LogP contribution in [0.15, 0.2) is 24.3 Å². The minimum atomic E-state index is -1.03. The van der Waals surface area contributed by atoms with Crippen molar-refractivity contribution in [3.8, 4) is 0 Å². The standard InChI is InChI=1S/C15H20FN3O2/c1-18(2)15(21)11-5-3-4-10(6-11)8-19-9-12(16)7-13(19)14(17)20/h3-6,12-13H,7-9H2,1-2H3,(H2,17,20)/t12-,13+/m1/s1. The molecule has 0 saturated carbocycles. The van der Waals surface area contributed by atoms with E-state index in [1.54, 1.807) is 37.2 Å². The molecule has 2 atom stereocenters. The van der Waals surface area contributed by atoms with Crippen molar-refractivity contribution in [1.82, 2.24) is 9.80 Å². The average Bonchev–Trinajstić information content (AvgIpc) is 2.79. The predicted octanol–water partition coefficient (Wildman–Crippen LogP) is 0.786. The van der Waals surface area contributed by atoms with Crippen LogP contribution in [0.25, 0.3) is 0 Å². The van der Waals surface area contributed by atoms with Crippen LogP contribution in [0.4, 0.5) is 4.39 Å². The van der Waals surface area contributed by atoms with Crippen molar-refractivity contribution < 1.29 is 14.0 Å². The lowest BCUT2D eigenvalue weighted by atomic mass is 10.1. The summed E-state index contributed by atoms with van der Waals surface area (Å²) in [6, 6.07) is 6.57. The van der Waals surface area contributed by atoms with E-state index in [9.17, 15) is 14.0 Å². The molecular formula is C15H20FN3O2. The Kier molecular flexibility index (Phi) is 4.57. The summed E-state index contributed by atoms with van der Waals surface area (Å²) in [7, 11) is 3.37. The van der Waals surface area contributed by atoms with Gasteiger partial charge in [0.05, 0.1) is 6.04 Å². The molecule has 2 amide bonds. The monoisotopic (exact) mass is 293 g/mol. The van der Waals surface area contributed by atoms with Crippen LogP contribution >= 0.6 is 0 Å². The van der Waals surface area contributed by atoms with Gasteiger partial charge in [-0.15, -0.1) is 0 Å². The van der Waals surface area contributed by atoms with Crippen LogP contribution in [0.3, 0.4) is 0 Å². The van der Waals surface area contributed by atoms with E-state index in [0.717, 1.165) is 5.56 Å². The van der Waals surface area contributed by atoms with Crippen LogP contribution in [0, 0.1) is 0 Å². The lowest BCUT2D eigenvalue weighted by molar-refractivity contribution is -0.122. The van der Waals surface area contributed by atoms with Gasteiger partial charge >= 0.3 is 0 Å². The Morgan fingerprint density at radius 1 is 1.43 bits per heavy atom. The van der Waals surface area contributed by atoms with Gasteiger partial charge in [-0.05, 0) is 17.7 Å². The summed E-state index contributed by atoms with van der Waals surface area (Å²) in [6.45, 7) is 0.599. The number of nitrogens with zero attached hydrogens (tertiary/aromatic N) is 2. The minimum absolute atomic E-state index is 0.0897. The van der Waals surface area contributed by atoms with Gasteiger partial charge < -0.3 is 10.6 Å². The molecule has 1 aliphatic rings. The van der Waals surface area contributed by atoms with E-state index in [1.165, 1.54) is 4.90 Å². The highest BCUT2D eigenvalue weighted by Gasteiger charge is 2.35. The van der Waals surface area contributed by atoms with Crippen molar-refractivity contribution in [3.63, 3.8) is 0 Å². The molecule has 1 aromatic carbocycles. The average molecular weight is 293 g/mol. The van der Waals surface area contributed by atoms with Gasteiger partial charge in [0.25, 0.3) is 5.91 Å². The SMILES string of the molecule is CN(C)C(=O)c1cccc(CN2C[C@H](F)C[C@H]2C(N)=O)c1. The molecule has 2 N–H and O–H groups in total. The summed E-state index contributed by atoms with van der Waals surface area (Å²) in [4.78, 5) is 26.5. The summed E-state index contributed by atoms with van der Waals surface area (Å²) >= 11 is 0. The number of primary amides is 1. The van der Waals surface area contributed by atoms with Gasteiger partial charge in [0.1, 0.15) is 6.17 Å². The summed E-state index contributed by atoms with van der Waals surface area (Å²) in [5.41, 5.74) is 6.75. The lowest BCUT2D eigenvalue weighted by Gasteiger charge is -2.21. The molecule has 0 spiro atoms. The zero-order chi connectivity index (χ0) is 15.6. The van der Waals surface area contributed by atoms with E-state index in [2.05, 4.69) is 0 Å². The lowest BCUT2D eigenvalue weighted by Crippen LogP contribution is -2.39. The first-order valence-corrected chi connectivity index (χ1v) is 6.86. The zero-order valence-electron chi connectivity index (χ0n) is 12.3. The van der Waals surface area contributed by atoms with Gasteiger partial charge in [-0.1, -0.05) is 12.1 Å². The molecule has 1 saturated heterocycles. The molecule has 21 heavy (non-hydrogen) atoms. The van der Waals surface area contributed by atoms with Gasteiger partial charge in [0.15, 0.2) is 0 Å². The second kappa shape index (κ2) is 6.22. The van der Waals surface area contributed by atoms with Crippen LogP contribution in [0.1, 0.15) is 22.3 Å². The minimum Gasteiger partial charge on any atom is -0.368 e. The fourth-order valence-electron chi connectivity index (χ4n) is 2.61. The summed E-state index contributed by atoms with van der Waals surface area (Å²) < 4.78 is 13.5. The number of hydrogen-bond donors (Lipinski definition) is 1. The van der Waals surface area contributed by atoms with Crippen LogP contribution in [-0.4, -0.2) is 54.5 Å². The third-order valence-electron chi connectivity index (χ3n) is 3.65. The highest BCUT2D eigenvalue weighted by atomic mass is 19.1. The van der Waals surface area contributed by atoms with Crippen LogP contribution < -0.4 is 5.73 Å². The van der Waals surface area contributed by atoms with Crippen molar-refractivity contribution in [1.29, 1.82) is 0 Å². The topological polar surface area (TPSA) is 66.6 Å². The van der Waals surface area contributed by atoms with Crippen molar-refractivity contribution in [2.45, 2.75) is 25.2 Å². The second-order valence-corrected chi connectivity index (χ2v) is 5.58. The first kappa shape index (κ1) is 15.4. The summed E-state index contributed by atoms with van der Waals surface area (Å²) in [6.07, 6.45) is -0.889. The largest absolute Gasteiger partial charge is 0.368 e. The number of nitrogens with two attached hydrogens (primary N) is 1. The number of likely N-dealkylation sites (tertiary alicyclic amines) is 1. The van der Waals surface area contributed by atoms with E-state index in [1.807, 2.05) is 6.07 Å². The molecule has 6 heteroatoms. The van der Waals surface area contributed by atoms with Crippen LogP contribution in [-0.2, 0) is 11.3 Å². The second-order valence-electron chi connectivity index (χ2n) is 5.58. The molecule has 5 nitrogen and oxygen atoms in total. The Morgan fingerprint density at radius 2 is 2.14 bits per heavy atom. The maximum absolute atomic E-state index is 13.5. The predicted molar refractivity (Wildman–Crippen MR) is 77.4 cm³/mol. The first-order chi connectivity index (χ1) is 9.88. The fourth-order valence-corrected chi connectivity index (χ4v) is 2.61. The smallest absolute Gasteiger partial charge is 0.253 e. The highest BCUT2D eigenvalue weighted by molar-refractivity contribution is 5.94.